The number of ether oxygens (including phenoxy) is 1. The van der Waals surface area contributed by atoms with Gasteiger partial charge in [-0.1, -0.05) is 207 Å². The van der Waals surface area contributed by atoms with Crippen LogP contribution in [0, 0.1) is 18.5 Å². The van der Waals surface area contributed by atoms with E-state index in [9.17, 15) is 0 Å². The van der Waals surface area contributed by atoms with Crippen molar-refractivity contribution in [2.45, 2.75) is 78.6 Å². The first-order valence-electron chi connectivity index (χ1n) is 29.2. The average molecular weight is 1280 g/mol. The molecule has 15 rings (SSSR count). The molecule has 0 bridgehead atoms. The summed E-state index contributed by atoms with van der Waals surface area (Å²) < 4.78 is 16.0. The third kappa shape index (κ3) is 8.95. The third-order valence-electron chi connectivity index (χ3n) is 17.2. The van der Waals surface area contributed by atoms with Gasteiger partial charge in [-0.2, -0.15) is 18.2 Å². The van der Waals surface area contributed by atoms with Crippen LogP contribution in [0.3, 0.4) is 0 Å². The zero-order valence-corrected chi connectivity index (χ0v) is 51.5. The molecule has 0 saturated carbocycles. The van der Waals surface area contributed by atoms with Crippen LogP contribution >= 0.6 is 0 Å². The van der Waals surface area contributed by atoms with E-state index in [1.165, 1.54) is 38.6 Å². The van der Waals surface area contributed by atoms with Crippen molar-refractivity contribution in [2.24, 2.45) is 0 Å². The van der Waals surface area contributed by atoms with E-state index in [4.69, 9.17) is 9.72 Å². The molecule has 6 nitrogen and oxygen atoms in total. The second-order valence-corrected chi connectivity index (χ2v) is 25.7. The summed E-state index contributed by atoms with van der Waals surface area (Å²) in [6, 6.07) is 84.8. The Morgan fingerprint density at radius 3 is 1.65 bits per heavy atom. The van der Waals surface area contributed by atoms with Gasteiger partial charge in [-0.05, 0) is 131 Å². The summed E-state index contributed by atoms with van der Waals surface area (Å²) in [5.41, 5.74) is 21.9. The Kier molecular flexibility index (Phi) is 12.7. The first-order chi connectivity index (χ1) is 40.5. The first-order valence-corrected chi connectivity index (χ1v) is 29.2. The number of aromatic nitrogens is 5. The molecule has 14 aromatic rings. The maximum absolute atomic E-state index is 6.86. The van der Waals surface area contributed by atoms with Crippen molar-refractivity contribution in [2.75, 3.05) is 0 Å². The van der Waals surface area contributed by atoms with E-state index in [2.05, 4.69) is 293 Å². The van der Waals surface area contributed by atoms with Crippen LogP contribution in [0.25, 0.3) is 122 Å². The van der Waals surface area contributed by atoms with Crippen molar-refractivity contribution in [1.82, 2.24) is 18.7 Å². The monoisotopic (exact) mass is 1280 g/mol. The van der Waals surface area contributed by atoms with Crippen molar-refractivity contribution < 1.29 is 30.4 Å². The molecule has 0 saturated heterocycles. The number of hydrogen-bond donors (Lipinski definition) is 0. The van der Waals surface area contributed by atoms with Crippen LogP contribution in [0.1, 0.15) is 79.0 Å². The van der Waals surface area contributed by atoms with Crippen LogP contribution in [-0.4, -0.2) is 18.7 Å². The number of benzene rings is 10. The van der Waals surface area contributed by atoms with Crippen molar-refractivity contribution >= 4 is 54.6 Å². The van der Waals surface area contributed by atoms with Gasteiger partial charge in [0.25, 0.3) is 6.33 Å². The Morgan fingerprint density at radius 1 is 0.412 bits per heavy atom. The van der Waals surface area contributed by atoms with Crippen LogP contribution in [0.2, 0.25) is 0 Å². The van der Waals surface area contributed by atoms with Crippen molar-refractivity contribution in [3.8, 4) is 78.9 Å². The smallest absolute Gasteiger partial charge is 0.268 e. The van der Waals surface area contributed by atoms with Gasteiger partial charge in [0, 0.05) is 55.1 Å². The molecular formula is C78H63N5OPt-2. The molecule has 1 aliphatic heterocycles. The van der Waals surface area contributed by atoms with Gasteiger partial charge in [0.15, 0.2) is 0 Å². The average Bonchev–Trinajstić information content (AvgIpc) is 1.79. The van der Waals surface area contributed by atoms with Gasteiger partial charge in [-0.3, -0.25) is 4.57 Å². The Bertz CT molecular complexity index is 4930. The molecule has 5 heterocycles. The van der Waals surface area contributed by atoms with Crippen LogP contribution in [0.15, 0.2) is 219 Å². The minimum absolute atomic E-state index is 0. The molecule has 0 atom stereocenters. The summed E-state index contributed by atoms with van der Waals surface area (Å²) in [6.45, 7) is 20.6. The second kappa shape index (κ2) is 20.0. The molecule has 0 unspecified atom stereocenters. The van der Waals surface area contributed by atoms with Crippen LogP contribution in [0.4, 0.5) is 0 Å². The van der Waals surface area contributed by atoms with E-state index < -0.39 is 0 Å². The normalized spacial score (nSPS) is 12.4. The Labute approximate surface area is 511 Å². The number of hydrogen-bond acceptors (Lipinski definition) is 2. The van der Waals surface area contributed by atoms with Gasteiger partial charge in [0.05, 0.1) is 33.4 Å². The maximum Gasteiger partial charge on any atom is 0.268 e. The van der Waals surface area contributed by atoms with E-state index in [0.717, 1.165) is 100 Å². The fourth-order valence-electron chi connectivity index (χ4n) is 12.8. The number of imidazole rings is 1. The minimum Gasteiger partial charge on any atom is -0.510 e. The number of para-hydroxylation sites is 5. The summed E-state index contributed by atoms with van der Waals surface area (Å²) in [7, 11) is 0. The number of fused-ring (bicyclic) bond motifs is 13. The summed E-state index contributed by atoms with van der Waals surface area (Å²) in [4.78, 5) is 4.92. The fourth-order valence-corrected chi connectivity index (χ4v) is 12.8. The van der Waals surface area contributed by atoms with Gasteiger partial charge in [0.2, 0.25) is 0 Å². The molecule has 0 aliphatic carbocycles. The van der Waals surface area contributed by atoms with E-state index in [0.29, 0.717) is 11.5 Å². The molecule has 418 valence electrons. The largest absolute Gasteiger partial charge is 0.510 e. The standard InChI is InChI=1S/C78H63N5O.Pt/c1-76(2,3)51-39-40-79-73(45-51)83-69-32-17-14-27-62(69)63-38-36-56(47-72(63)83)84-55-22-18-21-54(46-55)80-48-81-74-64(28-19-33-70(74)80)58-24-11-10-23-57(58)59-37-35-49(50-41-52(77(4,5)6)44-53(42-50)78(7,8)9)43-66(59)65-29-20-34-71(75(65)81)82-67-30-15-12-25-60(67)61-26-13-16-31-68(61)82;/h10-45H,1-9H3;/q-2;. The molecule has 85 heavy (non-hydrogen) atoms. The predicted molar refractivity (Wildman–Crippen MR) is 346 cm³/mol. The van der Waals surface area contributed by atoms with Crippen molar-refractivity contribution in [1.29, 1.82) is 0 Å². The molecule has 0 spiro atoms. The second-order valence-electron chi connectivity index (χ2n) is 25.7. The quantitative estimate of drug-likeness (QED) is 0.123. The van der Waals surface area contributed by atoms with Gasteiger partial charge < -0.3 is 18.4 Å². The van der Waals surface area contributed by atoms with Crippen LogP contribution < -0.4 is 9.30 Å². The topological polar surface area (TPSA) is 40.8 Å². The number of rotatable bonds is 6. The molecule has 1 aliphatic rings. The third-order valence-corrected chi connectivity index (χ3v) is 17.2. The van der Waals surface area contributed by atoms with E-state index in [-0.39, 0.29) is 37.3 Å². The molecular weight excluding hydrogens is 1220 g/mol. The molecule has 4 aromatic heterocycles. The first kappa shape index (κ1) is 53.9. The molecule has 0 fully saturated rings. The summed E-state index contributed by atoms with van der Waals surface area (Å²) in [6.07, 6.45) is 5.95. The fraction of sp³-hybridized carbons (Fsp3) is 0.154. The summed E-state index contributed by atoms with van der Waals surface area (Å²) in [5, 5.41) is 4.60. The van der Waals surface area contributed by atoms with Gasteiger partial charge in [-0.15, -0.1) is 29.7 Å². The zero-order valence-electron chi connectivity index (χ0n) is 49.2. The summed E-state index contributed by atoms with van der Waals surface area (Å²) in [5.74, 6) is 1.97. The predicted octanol–water partition coefficient (Wildman–Crippen LogP) is 19.6. The Balaban J connectivity index is 0.00000640. The molecule has 10 aromatic carbocycles. The summed E-state index contributed by atoms with van der Waals surface area (Å²) >= 11 is 0. The van der Waals surface area contributed by atoms with Gasteiger partial charge >= 0.3 is 0 Å². The molecule has 0 radical (unpaired) electrons. The van der Waals surface area contributed by atoms with Crippen molar-refractivity contribution in [3.05, 3.63) is 254 Å². The number of nitrogens with zero attached hydrogens (tertiary/aromatic N) is 5. The van der Waals surface area contributed by atoms with E-state index >= 15 is 0 Å². The Morgan fingerprint density at radius 2 is 0.965 bits per heavy atom. The van der Waals surface area contributed by atoms with E-state index in [1.54, 1.807) is 0 Å². The molecule has 7 heteroatoms. The van der Waals surface area contributed by atoms with Gasteiger partial charge in [-0.25, -0.2) is 4.98 Å². The Hall–Kier alpha value is -9.09. The van der Waals surface area contributed by atoms with Crippen LogP contribution in [0.5, 0.6) is 11.5 Å². The SMILES string of the molecule is CC(C)(C)c1cc(-c2ccc3c(c2)-c2cccc(-n4c5ccccc5c5ccccc54)c2-[n+]2[c-]n(-c4[c-]c(Oc5[c-]c6c(cc5)c5ccccc5n6-c5cc(C(C)(C)C)ccn5)ccc4)c4cccc(c42)-c2ccccc2-3)cc(C(C)(C)C)c1.[Pt]. The van der Waals surface area contributed by atoms with Crippen LogP contribution in [-0.2, 0) is 37.3 Å². The van der Waals surface area contributed by atoms with Crippen molar-refractivity contribution in [3.63, 3.8) is 0 Å². The molecule has 0 N–H and O–H groups in total. The van der Waals surface area contributed by atoms with E-state index in [1.807, 2.05) is 24.4 Å². The number of pyridine rings is 1. The minimum atomic E-state index is -0.0529. The molecule has 0 amide bonds. The van der Waals surface area contributed by atoms with Gasteiger partial charge in [0.1, 0.15) is 5.82 Å². The zero-order chi connectivity index (χ0) is 57.4. The maximum atomic E-state index is 6.86.